The first-order valence-corrected chi connectivity index (χ1v) is 5.16. The lowest BCUT2D eigenvalue weighted by Crippen LogP contribution is -2.32. The largest absolute Gasteiger partial charge is 0.374 e. The van der Waals surface area contributed by atoms with Gasteiger partial charge in [-0.05, 0) is 19.8 Å². The summed E-state index contributed by atoms with van der Waals surface area (Å²) in [5, 5.41) is 0. The minimum absolute atomic E-state index is 0.00169. The molecule has 0 aromatic carbocycles. The van der Waals surface area contributed by atoms with E-state index in [0.717, 1.165) is 12.8 Å². The van der Waals surface area contributed by atoms with Crippen LogP contribution in [-0.4, -0.2) is 19.3 Å². The Kier molecular flexibility index (Phi) is 3.94. The van der Waals surface area contributed by atoms with E-state index in [9.17, 15) is 0 Å². The molecule has 0 heterocycles. The Labute approximate surface area is 81.1 Å². The monoisotopic (exact) mass is 183 g/mol. The summed E-state index contributed by atoms with van der Waals surface area (Å²) in [6.07, 6.45) is 8.44. The molecular weight excluding hydrogens is 162 g/mol. The molecule has 2 nitrogen and oxygen atoms in total. The van der Waals surface area contributed by atoms with Crippen molar-refractivity contribution in [1.29, 1.82) is 0 Å². The average Bonchev–Trinajstić information content (AvgIpc) is 2.19. The number of hydrogen-bond donors (Lipinski definition) is 1. The lowest BCUT2D eigenvalue weighted by Gasteiger charge is -2.33. The normalized spacial score (nSPS) is 23.2. The highest BCUT2D eigenvalue weighted by molar-refractivity contribution is 5.11. The third-order valence-electron chi connectivity index (χ3n) is 2.94. The number of rotatable bonds is 3. The highest BCUT2D eigenvalue weighted by Crippen LogP contribution is 2.32. The maximum absolute atomic E-state index is 5.62. The third kappa shape index (κ3) is 2.82. The molecule has 1 aliphatic rings. The lowest BCUT2D eigenvalue weighted by atomic mass is 9.83. The van der Waals surface area contributed by atoms with Gasteiger partial charge in [-0.15, -0.1) is 0 Å². The summed E-state index contributed by atoms with van der Waals surface area (Å²) in [7, 11) is 1.81. The molecule has 0 atom stereocenters. The Bertz CT molecular complexity index is 181. The molecule has 0 aromatic heterocycles. The van der Waals surface area contributed by atoms with Gasteiger partial charge in [0, 0.05) is 13.7 Å². The van der Waals surface area contributed by atoms with Crippen molar-refractivity contribution in [2.75, 3.05) is 13.7 Å². The molecule has 0 radical (unpaired) electrons. The standard InChI is InChI=1S/C11H21NO/c1-10(9-12)8-11(13-2)6-4-3-5-7-11/h8H,3-7,9,12H2,1-2H3/b10-8-. The van der Waals surface area contributed by atoms with Crippen LogP contribution in [0.4, 0.5) is 0 Å². The first-order chi connectivity index (χ1) is 6.22. The van der Waals surface area contributed by atoms with Gasteiger partial charge in [-0.2, -0.15) is 0 Å². The van der Waals surface area contributed by atoms with Crippen molar-refractivity contribution in [1.82, 2.24) is 0 Å². The van der Waals surface area contributed by atoms with Crippen molar-refractivity contribution in [3.8, 4) is 0 Å². The second-order valence-corrected chi connectivity index (χ2v) is 4.02. The van der Waals surface area contributed by atoms with Gasteiger partial charge in [0.05, 0.1) is 5.60 Å². The van der Waals surface area contributed by atoms with Crippen molar-refractivity contribution in [3.63, 3.8) is 0 Å². The number of ether oxygens (including phenoxy) is 1. The number of methoxy groups -OCH3 is 1. The molecule has 0 spiro atoms. The molecule has 2 N–H and O–H groups in total. The predicted octanol–water partition coefficient (Wildman–Crippen LogP) is 2.24. The van der Waals surface area contributed by atoms with E-state index in [1.165, 1.54) is 24.8 Å². The van der Waals surface area contributed by atoms with Gasteiger partial charge in [-0.25, -0.2) is 0 Å². The molecule has 0 amide bonds. The Morgan fingerprint density at radius 1 is 1.38 bits per heavy atom. The highest BCUT2D eigenvalue weighted by Gasteiger charge is 2.29. The van der Waals surface area contributed by atoms with Crippen LogP contribution in [0.25, 0.3) is 0 Å². The van der Waals surface area contributed by atoms with Crippen LogP contribution >= 0.6 is 0 Å². The number of nitrogens with two attached hydrogens (primary N) is 1. The van der Waals surface area contributed by atoms with Crippen molar-refractivity contribution < 1.29 is 4.74 Å². The van der Waals surface area contributed by atoms with E-state index in [-0.39, 0.29) is 5.60 Å². The molecule has 0 saturated heterocycles. The van der Waals surface area contributed by atoms with E-state index in [4.69, 9.17) is 10.5 Å². The average molecular weight is 183 g/mol. The maximum Gasteiger partial charge on any atom is 0.0861 e. The topological polar surface area (TPSA) is 35.2 Å². The van der Waals surface area contributed by atoms with Crippen LogP contribution in [0.1, 0.15) is 39.0 Å². The van der Waals surface area contributed by atoms with Gasteiger partial charge in [0.25, 0.3) is 0 Å². The van der Waals surface area contributed by atoms with Gasteiger partial charge in [-0.1, -0.05) is 30.9 Å². The summed E-state index contributed by atoms with van der Waals surface area (Å²) in [5.74, 6) is 0. The van der Waals surface area contributed by atoms with Crippen LogP contribution in [-0.2, 0) is 4.74 Å². The summed E-state index contributed by atoms with van der Waals surface area (Å²) in [6, 6.07) is 0. The van der Waals surface area contributed by atoms with Gasteiger partial charge in [0.15, 0.2) is 0 Å². The third-order valence-corrected chi connectivity index (χ3v) is 2.94. The molecule has 0 aromatic rings. The van der Waals surface area contributed by atoms with Crippen LogP contribution in [0, 0.1) is 0 Å². The molecule has 0 unspecified atom stereocenters. The molecule has 1 saturated carbocycles. The summed E-state index contributed by atoms with van der Waals surface area (Å²) in [4.78, 5) is 0. The Morgan fingerprint density at radius 2 is 2.00 bits per heavy atom. The number of hydrogen-bond acceptors (Lipinski definition) is 2. The van der Waals surface area contributed by atoms with Crippen LogP contribution in [0.15, 0.2) is 11.6 Å². The van der Waals surface area contributed by atoms with Crippen molar-refractivity contribution >= 4 is 0 Å². The van der Waals surface area contributed by atoms with E-state index >= 15 is 0 Å². The zero-order chi connectivity index (χ0) is 9.73. The van der Waals surface area contributed by atoms with E-state index in [1.807, 2.05) is 7.11 Å². The maximum atomic E-state index is 5.62. The van der Waals surface area contributed by atoms with Crippen molar-refractivity contribution in [2.24, 2.45) is 5.73 Å². The second kappa shape index (κ2) is 4.77. The van der Waals surface area contributed by atoms with Gasteiger partial charge >= 0.3 is 0 Å². The van der Waals surface area contributed by atoms with Gasteiger partial charge in [-0.3, -0.25) is 0 Å². The van der Waals surface area contributed by atoms with Crippen LogP contribution in [0.2, 0.25) is 0 Å². The van der Waals surface area contributed by atoms with Gasteiger partial charge in [0.1, 0.15) is 0 Å². The van der Waals surface area contributed by atoms with Crippen LogP contribution < -0.4 is 5.73 Å². The fourth-order valence-electron chi connectivity index (χ4n) is 2.07. The van der Waals surface area contributed by atoms with Crippen LogP contribution in [0.3, 0.4) is 0 Å². The van der Waals surface area contributed by atoms with E-state index in [1.54, 1.807) is 0 Å². The van der Waals surface area contributed by atoms with Gasteiger partial charge < -0.3 is 10.5 Å². The van der Waals surface area contributed by atoms with Crippen molar-refractivity contribution in [3.05, 3.63) is 11.6 Å². The Morgan fingerprint density at radius 3 is 2.46 bits per heavy atom. The molecule has 1 fully saturated rings. The molecule has 76 valence electrons. The minimum Gasteiger partial charge on any atom is -0.374 e. The highest BCUT2D eigenvalue weighted by atomic mass is 16.5. The molecule has 0 bridgehead atoms. The smallest absolute Gasteiger partial charge is 0.0861 e. The van der Waals surface area contributed by atoms with Crippen molar-refractivity contribution in [2.45, 2.75) is 44.6 Å². The molecule has 1 aliphatic carbocycles. The van der Waals surface area contributed by atoms with E-state index in [0.29, 0.717) is 6.54 Å². The second-order valence-electron chi connectivity index (χ2n) is 4.02. The molecule has 2 heteroatoms. The Hall–Kier alpha value is -0.340. The van der Waals surface area contributed by atoms with Crippen LogP contribution in [0.5, 0.6) is 0 Å². The lowest BCUT2D eigenvalue weighted by molar-refractivity contribution is 0.00137. The molecule has 13 heavy (non-hydrogen) atoms. The fraction of sp³-hybridized carbons (Fsp3) is 0.818. The molecule has 0 aliphatic heterocycles. The predicted molar refractivity (Wildman–Crippen MR) is 55.6 cm³/mol. The molecular formula is C11H21NO. The van der Waals surface area contributed by atoms with Gasteiger partial charge in [0.2, 0.25) is 0 Å². The summed E-state index contributed by atoms with van der Waals surface area (Å²) in [6.45, 7) is 2.72. The zero-order valence-corrected chi connectivity index (χ0v) is 8.81. The SMILES string of the molecule is COC1(/C=C(/C)CN)CCCCC1. The summed E-state index contributed by atoms with van der Waals surface area (Å²) >= 11 is 0. The summed E-state index contributed by atoms with van der Waals surface area (Å²) < 4.78 is 5.62. The van der Waals surface area contributed by atoms with E-state index < -0.39 is 0 Å². The first kappa shape index (κ1) is 10.7. The molecule has 1 rings (SSSR count). The fourth-order valence-corrected chi connectivity index (χ4v) is 2.07. The summed E-state index contributed by atoms with van der Waals surface area (Å²) in [5.41, 5.74) is 6.82. The zero-order valence-electron chi connectivity index (χ0n) is 8.81. The Balaban J connectivity index is 2.67. The minimum atomic E-state index is 0.00169. The van der Waals surface area contributed by atoms with E-state index in [2.05, 4.69) is 13.0 Å². The quantitative estimate of drug-likeness (QED) is 0.681. The first-order valence-electron chi connectivity index (χ1n) is 5.16.